The molecule has 1 saturated carbocycles. The van der Waals surface area contributed by atoms with E-state index in [1.54, 1.807) is 6.07 Å². The maximum Gasteiger partial charge on any atom is 0.0992 e. The third-order valence-corrected chi connectivity index (χ3v) is 4.66. The van der Waals surface area contributed by atoms with E-state index in [4.69, 9.17) is 16.9 Å². The normalized spacial score (nSPS) is 22.4. The fourth-order valence-electron chi connectivity index (χ4n) is 3.08. The van der Waals surface area contributed by atoms with Crippen molar-refractivity contribution in [2.24, 2.45) is 5.92 Å². The number of hydrogen-bond acceptors (Lipinski definition) is 2. The fraction of sp³-hybridized carbons (Fsp3) is 0.588. The van der Waals surface area contributed by atoms with E-state index < -0.39 is 0 Å². The summed E-state index contributed by atoms with van der Waals surface area (Å²) in [6, 6.07) is 8.27. The molecule has 2 rings (SSSR count). The number of halogens is 1. The van der Waals surface area contributed by atoms with Gasteiger partial charge in [-0.15, -0.1) is 0 Å². The summed E-state index contributed by atoms with van der Waals surface area (Å²) in [5.41, 5.74) is 1.71. The highest BCUT2D eigenvalue weighted by Crippen LogP contribution is 2.28. The average Bonchev–Trinajstić information content (AvgIpc) is 2.48. The van der Waals surface area contributed by atoms with Gasteiger partial charge in [0.05, 0.1) is 11.6 Å². The molecule has 0 aliphatic heterocycles. The van der Waals surface area contributed by atoms with Gasteiger partial charge in [0.15, 0.2) is 0 Å². The van der Waals surface area contributed by atoms with Gasteiger partial charge < -0.3 is 5.32 Å². The lowest BCUT2D eigenvalue weighted by Gasteiger charge is -2.29. The van der Waals surface area contributed by atoms with Crippen LogP contribution in [0.5, 0.6) is 0 Å². The third kappa shape index (κ3) is 4.23. The van der Waals surface area contributed by atoms with Crippen molar-refractivity contribution in [1.29, 1.82) is 5.26 Å². The van der Waals surface area contributed by atoms with Crippen molar-refractivity contribution in [2.45, 2.75) is 58.0 Å². The molecule has 1 fully saturated rings. The van der Waals surface area contributed by atoms with Gasteiger partial charge in [-0.25, -0.2) is 0 Å². The monoisotopic (exact) mass is 290 g/mol. The summed E-state index contributed by atoms with van der Waals surface area (Å²) < 4.78 is 0. The summed E-state index contributed by atoms with van der Waals surface area (Å²) in [4.78, 5) is 0. The van der Waals surface area contributed by atoms with Crippen LogP contribution in [0.2, 0.25) is 5.02 Å². The summed E-state index contributed by atoms with van der Waals surface area (Å²) in [6.45, 7) is 3.07. The molecule has 0 saturated heterocycles. The zero-order valence-corrected chi connectivity index (χ0v) is 12.9. The second kappa shape index (κ2) is 7.67. The molecule has 2 nitrogen and oxygen atoms in total. The van der Waals surface area contributed by atoms with Crippen molar-refractivity contribution in [3.63, 3.8) is 0 Å². The quantitative estimate of drug-likeness (QED) is 0.856. The fourth-order valence-corrected chi connectivity index (χ4v) is 3.33. The van der Waals surface area contributed by atoms with Crippen LogP contribution in [0.1, 0.15) is 56.6 Å². The van der Waals surface area contributed by atoms with E-state index in [1.807, 2.05) is 12.1 Å². The maximum atomic E-state index is 8.83. The molecular weight excluding hydrogens is 268 g/mol. The Kier molecular flexibility index (Phi) is 5.88. The highest BCUT2D eigenvalue weighted by atomic mass is 35.5. The second-order valence-corrected chi connectivity index (χ2v) is 6.21. The van der Waals surface area contributed by atoms with Gasteiger partial charge in [-0.05, 0) is 49.3 Å². The van der Waals surface area contributed by atoms with Gasteiger partial charge >= 0.3 is 0 Å². The van der Waals surface area contributed by atoms with E-state index in [0.29, 0.717) is 16.6 Å². The van der Waals surface area contributed by atoms with Crippen molar-refractivity contribution in [3.05, 3.63) is 34.3 Å². The van der Waals surface area contributed by atoms with Crippen molar-refractivity contribution >= 4 is 11.6 Å². The smallest absolute Gasteiger partial charge is 0.0992 e. The molecule has 0 radical (unpaired) electrons. The van der Waals surface area contributed by atoms with Crippen LogP contribution in [-0.2, 0) is 6.54 Å². The first kappa shape index (κ1) is 15.4. The minimum atomic E-state index is 0.620. The van der Waals surface area contributed by atoms with E-state index in [1.165, 1.54) is 38.5 Å². The maximum absolute atomic E-state index is 8.83. The predicted molar refractivity (Wildman–Crippen MR) is 83.7 cm³/mol. The van der Waals surface area contributed by atoms with Crippen LogP contribution in [0.4, 0.5) is 0 Å². The van der Waals surface area contributed by atoms with E-state index in [-0.39, 0.29) is 0 Å². The molecule has 1 N–H and O–H groups in total. The summed E-state index contributed by atoms with van der Waals surface area (Å²) >= 11 is 6.20. The van der Waals surface area contributed by atoms with Crippen LogP contribution < -0.4 is 5.32 Å². The van der Waals surface area contributed by atoms with Gasteiger partial charge in [-0.1, -0.05) is 37.4 Å². The topological polar surface area (TPSA) is 35.8 Å². The van der Waals surface area contributed by atoms with E-state index in [9.17, 15) is 0 Å². The molecule has 0 unspecified atom stereocenters. The Morgan fingerprint density at radius 3 is 2.65 bits per heavy atom. The lowest BCUT2D eigenvalue weighted by atomic mass is 9.83. The summed E-state index contributed by atoms with van der Waals surface area (Å²) in [7, 11) is 0. The third-order valence-electron chi connectivity index (χ3n) is 4.31. The molecule has 0 amide bonds. The molecule has 1 aliphatic rings. The summed E-state index contributed by atoms with van der Waals surface area (Å²) in [6.07, 6.45) is 7.95. The van der Waals surface area contributed by atoms with Gasteiger partial charge in [0, 0.05) is 17.6 Å². The molecule has 0 heterocycles. The predicted octanol–water partition coefficient (Wildman–Crippen LogP) is 4.66. The Balaban J connectivity index is 1.80. The van der Waals surface area contributed by atoms with Gasteiger partial charge in [0.1, 0.15) is 0 Å². The van der Waals surface area contributed by atoms with E-state index in [0.717, 1.165) is 18.0 Å². The van der Waals surface area contributed by atoms with Gasteiger partial charge in [-0.3, -0.25) is 0 Å². The zero-order chi connectivity index (χ0) is 14.4. The minimum absolute atomic E-state index is 0.620. The number of benzene rings is 1. The first-order valence-corrected chi connectivity index (χ1v) is 8.02. The van der Waals surface area contributed by atoms with Crippen LogP contribution in [-0.4, -0.2) is 6.04 Å². The van der Waals surface area contributed by atoms with Crippen molar-refractivity contribution in [3.8, 4) is 6.07 Å². The molecule has 0 spiro atoms. The van der Waals surface area contributed by atoms with E-state index in [2.05, 4.69) is 18.3 Å². The standard InChI is InChI=1S/C17H23ClN2/c1-2-3-13-5-8-16(9-6-13)20-12-15-7-4-14(11-19)10-17(15)18/h4,7,10,13,16,20H,2-3,5-6,8-9,12H2,1H3. The van der Waals surface area contributed by atoms with Crippen molar-refractivity contribution in [2.75, 3.05) is 0 Å². The first-order chi connectivity index (χ1) is 9.72. The number of nitriles is 1. The first-order valence-electron chi connectivity index (χ1n) is 7.64. The molecule has 108 valence electrons. The average molecular weight is 291 g/mol. The Hall–Kier alpha value is -1.04. The molecule has 1 aromatic rings. The molecule has 1 aromatic carbocycles. The number of nitrogens with zero attached hydrogens (tertiary/aromatic N) is 1. The van der Waals surface area contributed by atoms with Crippen LogP contribution >= 0.6 is 11.6 Å². The summed E-state index contributed by atoms with van der Waals surface area (Å²) in [5, 5.41) is 13.1. The lowest BCUT2D eigenvalue weighted by molar-refractivity contribution is 0.277. The number of nitrogens with one attached hydrogen (secondary N) is 1. The minimum Gasteiger partial charge on any atom is -0.310 e. The number of rotatable bonds is 5. The van der Waals surface area contributed by atoms with Crippen molar-refractivity contribution in [1.82, 2.24) is 5.32 Å². The highest BCUT2D eigenvalue weighted by molar-refractivity contribution is 6.31. The molecule has 0 aromatic heterocycles. The van der Waals surface area contributed by atoms with Gasteiger partial charge in [-0.2, -0.15) is 5.26 Å². The van der Waals surface area contributed by atoms with Crippen LogP contribution in [0.25, 0.3) is 0 Å². The van der Waals surface area contributed by atoms with E-state index >= 15 is 0 Å². The van der Waals surface area contributed by atoms with Crippen LogP contribution in [0.15, 0.2) is 18.2 Å². The van der Waals surface area contributed by atoms with Gasteiger partial charge in [0.25, 0.3) is 0 Å². The summed E-state index contributed by atoms with van der Waals surface area (Å²) in [5.74, 6) is 0.941. The Morgan fingerprint density at radius 1 is 1.30 bits per heavy atom. The zero-order valence-electron chi connectivity index (χ0n) is 12.2. The molecule has 1 aliphatic carbocycles. The SMILES string of the molecule is CCCC1CCC(NCc2ccc(C#N)cc2Cl)CC1. The molecule has 0 atom stereocenters. The molecular formula is C17H23ClN2. The highest BCUT2D eigenvalue weighted by Gasteiger charge is 2.20. The van der Waals surface area contributed by atoms with Crippen LogP contribution in [0, 0.1) is 17.2 Å². The van der Waals surface area contributed by atoms with Crippen LogP contribution in [0.3, 0.4) is 0 Å². The molecule has 0 bridgehead atoms. The largest absolute Gasteiger partial charge is 0.310 e. The Labute approximate surface area is 127 Å². The van der Waals surface area contributed by atoms with Crippen molar-refractivity contribution < 1.29 is 0 Å². The Bertz CT molecular complexity index is 470. The lowest BCUT2D eigenvalue weighted by Crippen LogP contribution is -2.32. The van der Waals surface area contributed by atoms with Gasteiger partial charge in [0.2, 0.25) is 0 Å². The second-order valence-electron chi connectivity index (χ2n) is 5.81. The Morgan fingerprint density at radius 2 is 2.05 bits per heavy atom. The molecule has 20 heavy (non-hydrogen) atoms. The molecule has 3 heteroatoms. The number of hydrogen-bond donors (Lipinski definition) is 1.